The van der Waals surface area contributed by atoms with Crippen molar-refractivity contribution in [2.24, 2.45) is 16.5 Å². The third-order valence-electron chi connectivity index (χ3n) is 5.03. The lowest BCUT2D eigenvalue weighted by Crippen LogP contribution is -2.46. The van der Waals surface area contributed by atoms with Crippen LogP contribution in [-0.4, -0.2) is 52.9 Å². The maximum Gasteiger partial charge on any atom is 0.326 e. The number of benzene rings is 2. The monoisotopic (exact) mass is 521 g/mol. The predicted octanol–water partition coefficient (Wildman–Crippen LogP) is 2.58. The smallest absolute Gasteiger partial charge is 0.326 e. The molecule has 2 rings (SSSR count). The minimum absolute atomic E-state index is 0.0869. The van der Waals surface area contributed by atoms with Gasteiger partial charge >= 0.3 is 5.97 Å². The number of amides is 2. The summed E-state index contributed by atoms with van der Waals surface area (Å²) < 4.78 is 0. The molecule has 0 fully saturated rings. The molecule has 35 heavy (non-hydrogen) atoms. The number of aliphatic imine (C=N–C) groups is 1. The average Bonchev–Trinajstić information content (AvgIpc) is 2.78. The summed E-state index contributed by atoms with van der Waals surface area (Å²) in [5, 5.41) is 12.8. The Kier molecular flexibility index (Phi) is 11.3. The molecule has 0 spiro atoms. The van der Waals surface area contributed by atoms with Crippen molar-refractivity contribution >= 4 is 46.9 Å². The molecule has 0 aliphatic carbocycles. The molecule has 0 saturated carbocycles. The van der Waals surface area contributed by atoms with Gasteiger partial charge in [-0.15, -0.1) is 0 Å². The fourth-order valence-electron chi connectivity index (χ4n) is 3.38. The molecule has 0 heterocycles. The first kappa shape index (κ1) is 27.9. The van der Waals surface area contributed by atoms with E-state index in [1.807, 2.05) is 30.3 Å². The summed E-state index contributed by atoms with van der Waals surface area (Å²) in [7, 11) is 0. The molecule has 0 saturated heterocycles. The van der Waals surface area contributed by atoms with Gasteiger partial charge in [-0.1, -0.05) is 53.5 Å². The SMILES string of the molecule is NC(N)=NCCCC(NC(=O)CN(Cc1cc(Cl)cc(Cl)c1)C(=O)CCc1ccccc1)C(=O)O. The van der Waals surface area contributed by atoms with Crippen molar-refractivity contribution in [1.82, 2.24) is 10.2 Å². The molecule has 2 aromatic carbocycles. The van der Waals surface area contributed by atoms with Crippen LogP contribution in [0.4, 0.5) is 0 Å². The highest BCUT2D eigenvalue weighted by molar-refractivity contribution is 6.34. The van der Waals surface area contributed by atoms with Gasteiger partial charge in [0.1, 0.15) is 6.04 Å². The summed E-state index contributed by atoms with van der Waals surface area (Å²) in [6.07, 6.45) is 1.16. The van der Waals surface area contributed by atoms with E-state index in [0.717, 1.165) is 5.56 Å². The summed E-state index contributed by atoms with van der Waals surface area (Å²) in [4.78, 5) is 42.5. The Morgan fingerprint density at radius 1 is 1.03 bits per heavy atom. The number of guanidine groups is 1. The van der Waals surface area contributed by atoms with Crippen LogP contribution in [0.1, 0.15) is 30.4 Å². The molecular formula is C24H29Cl2N5O4. The molecule has 0 aromatic heterocycles. The second-order valence-electron chi connectivity index (χ2n) is 7.92. The van der Waals surface area contributed by atoms with Crippen molar-refractivity contribution in [2.75, 3.05) is 13.1 Å². The van der Waals surface area contributed by atoms with Gasteiger partial charge in [-0.3, -0.25) is 14.6 Å². The molecule has 2 aromatic rings. The van der Waals surface area contributed by atoms with Gasteiger partial charge in [-0.05, 0) is 48.6 Å². The van der Waals surface area contributed by atoms with E-state index in [1.165, 1.54) is 4.90 Å². The van der Waals surface area contributed by atoms with Crippen LogP contribution in [0, 0.1) is 0 Å². The first-order chi connectivity index (χ1) is 16.6. The normalized spacial score (nSPS) is 11.4. The fourth-order valence-corrected chi connectivity index (χ4v) is 3.95. The van der Waals surface area contributed by atoms with Gasteiger partial charge in [-0.25, -0.2) is 4.79 Å². The minimum atomic E-state index is -1.19. The fraction of sp³-hybridized carbons (Fsp3) is 0.333. The van der Waals surface area contributed by atoms with E-state index < -0.39 is 17.9 Å². The van der Waals surface area contributed by atoms with Gasteiger partial charge in [0, 0.05) is 29.6 Å². The molecule has 1 atom stereocenters. The average molecular weight is 522 g/mol. The summed E-state index contributed by atoms with van der Waals surface area (Å²) in [6.45, 7) is 0.000591. The Morgan fingerprint density at radius 3 is 2.29 bits per heavy atom. The van der Waals surface area contributed by atoms with Crippen molar-refractivity contribution in [3.8, 4) is 0 Å². The molecule has 188 valence electrons. The van der Waals surface area contributed by atoms with Crippen molar-refractivity contribution in [3.05, 3.63) is 69.7 Å². The van der Waals surface area contributed by atoms with Gasteiger partial charge < -0.3 is 26.8 Å². The highest BCUT2D eigenvalue weighted by atomic mass is 35.5. The van der Waals surface area contributed by atoms with Crippen molar-refractivity contribution in [3.63, 3.8) is 0 Å². The molecule has 0 aliphatic rings. The summed E-state index contributed by atoms with van der Waals surface area (Å²) >= 11 is 12.2. The lowest BCUT2D eigenvalue weighted by atomic mass is 10.1. The second-order valence-corrected chi connectivity index (χ2v) is 8.79. The van der Waals surface area contributed by atoms with Crippen molar-refractivity contribution < 1.29 is 19.5 Å². The quantitative estimate of drug-likeness (QED) is 0.180. The molecule has 2 amide bonds. The van der Waals surface area contributed by atoms with E-state index in [0.29, 0.717) is 28.5 Å². The summed E-state index contributed by atoms with van der Waals surface area (Å²) in [5.41, 5.74) is 12.2. The Labute approximate surface area is 214 Å². The number of aliphatic carboxylic acids is 1. The van der Waals surface area contributed by atoms with Gasteiger partial charge in [0.15, 0.2) is 5.96 Å². The number of carboxylic acids is 1. The van der Waals surface area contributed by atoms with Crippen molar-refractivity contribution in [2.45, 2.75) is 38.3 Å². The zero-order chi connectivity index (χ0) is 25.8. The maximum atomic E-state index is 13.0. The van der Waals surface area contributed by atoms with Gasteiger partial charge in [0.25, 0.3) is 0 Å². The largest absolute Gasteiger partial charge is 0.480 e. The van der Waals surface area contributed by atoms with Gasteiger partial charge in [0.2, 0.25) is 11.8 Å². The Morgan fingerprint density at radius 2 is 1.69 bits per heavy atom. The van der Waals surface area contributed by atoms with E-state index in [2.05, 4.69) is 10.3 Å². The van der Waals surface area contributed by atoms with Crippen LogP contribution in [0.25, 0.3) is 0 Å². The number of halogens is 2. The Bertz CT molecular complexity index is 1030. The summed E-state index contributed by atoms with van der Waals surface area (Å²) in [5.74, 6) is -2.14. The molecule has 0 radical (unpaired) electrons. The second kappa shape index (κ2) is 14.2. The molecule has 6 N–H and O–H groups in total. The topological polar surface area (TPSA) is 151 Å². The zero-order valence-electron chi connectivity index (χ0n) is 19.1. The van der Waals surface area contributed by atoms with Gasteiger partial charge in [0.05, 0.1) is 6.54 Å². The minimum Gasteiger partial charge on any atom is -0.480 e. The third kappa shape index (κ3) is 10.7. The number of hydrogen-bond acceptors (Lipinski definition) is 4. The lowest BCUT2D eigenvalue weighted by Gasteiger charge is -2.24. The first-order valence-corrected chi connectivity index (χ1v) is 11.7. The molecular weight excluding hydrogens is 493 g/mol. The third-order valence-corrected chi connectivity index (χ3v) is 5.47. The number of carboxylic acid groups (broad SMARTS) is 1. The molecule has 1 unspecified atom stereocenters. The molecule has 11 heteroatoms. The van der Waals surface area contributed by atoms with Gasteiger partial charge in [-0.2, -0.15) is 0 Å². The zero-order valence-corrected chi connectivity index (χ0v) is 20.6. The van der Waals surface area contributed by atoms with E-state index in [1.54, 1.807) is 18.2 Å². The molecule has 9 nitrogen and oxygen atoms in total. The number of hydrogen-bond donors (Lipinski definition) is 4. The van der Waals surface area contributed by atoms with Crippen LogP contribution >= 0.6 is 23.2 Å². The van der Waals surface area contributed by atoms with E-state index in [9.17, 15) is 19.5 Å². The number of nitrogens with zero attached hydrogens (tertiary/aromatic N) is 2. The highest BCUT2D eigenvalue weighted by Crippen LogP contribution is 2.20. The number of carbonyl (C=O) groups is 3. The highest BCUT2D eigenvalue weighted by Gasteiger charge is 2.23. The number of nitrogens with two attached hydrogens (primary N) is 2. The number of carbonyl (C=O) groups excluding carboxylic acids is 2. The lowest BCUT2D eigenvalue weighted by molar-refractivity contribution is -0.143. The number of nitrogens with one attached hydrogen (secondary N) is 1. The molecule has 0 bridgehead atoms. The Hall–Kier alpha value is -3.30. The van der Waals surface area contributed by atoms with E-state index in [-0.39, 0.29) is 44.3 Å². The standard InChI is InChI=1S/C24H29Cl2N5O4/c25-18-11-17(12-19(26)13-18)14-31(22(33)9-8-16-5-2-1-3-6-16)15-21(32)30-20(23(34)35)7-4-10-29-24(27)28/h1-3,5-6,11-13,20H,4,7-10,14-15H2,(H,30,32)(H,34,35)(H4,27,28,29). The van der Waals surface area contributed by atoms with Crippen LogP contribution in [0.15, 0.2) is 53.5 Å². The van der Waals surface area contributed by atoms with E-state index in [4.69, 9.17) is 34.7 Å². The maximum absolute atomic E-state index is 13.0. The van der Waals surface area contributed by atoms with Crippen LogP contribution in [0.2, 0.25) is 10.0 Å². The van der Waals surface area contributed by atoms with Crippen molar-refractivity contribution in [1.29, 1.82) is 0 Å². The molecule has 0 aliphatic heterocycles. The first-order valence-electron chi connectivity index (χ1n) is 11.0. The van der Waals surface area contributed by atoms with E-state index >= 15 is 0 Å². The van der Waals surface area contributed by atoms with Crippen LogP contribution in [-0.2, 0) is 27.3 Å². The number of aryl methyl sites for hydroxylation is 1. The summed E-state index contributed by atoms with van der Waals surface area (Å²) in [6, 6.07) is 13.2. The van der Waals surface area contributed by atoms with Crippen LogP contribution < -0.4 is 16.8 Å². The van der Waals surface area contributed by atoms with Crippen LogP contribution in [0.5, 0.6) is 0 Å². The van der Waals surface area contributed by atoms with Crippen LogP contribution in [0.3, 0.4) is 0 Å². The Balaban J connectivity index is 2.08. The predicted molar refractivity (Wildman–Crippen MR) is 136 cm³/mol. The number of rotatable bonds is 13.